The van der Waals surface area contributed by atoms with Crippen molar-refractivity contribution < 1.29 is 0 Å². The van der Waals surface area contributed by atoms with Gasteiger partial charge in [0.15, 0.2) is 0 Å². The van der Waals surface area contributed by atoms with Crippen LogP contribution in [-0.2, 0) is 7.05 Å². The van der Waals surface area contributed by atoms with Crippen LogP contribution in [0.25, 0.3) is 22.4 Å². The highest BCUT2D eigenvalue weighted by molar-refractivity contribution is 9.11. The Kier molecular flexibility index (Phi) is 2.69. The SMILES string of the molecule is Cn1c(-c2csc(Br)c2)nc2cc(C#N)ccc21. The largest absolute Gasteiger partial charge is 0.327 e. The Hall–Kier alpha value is -1.64. The number of fused-ring (bicyclic) bond motifs is 1. The predicted molar refractivity (Wildman–Crippen MR) is 76.4 cm³/mol. The molecule has 0 aliphatic heterocycles. The Labute approximate surface area is 116 Å². The molecule has 1 aromatic carbocycles. The highest BCUT2D eigenvalue weighted by Gasteiger charge is 2.11. The van der Waals surface area contributed by atoms with E-state index in [4.69, 9.17) is 5.26 Å². The maximum Gasteiger partial charge on any atom is 0.141 e. The third-order valence-electron chi connectivity index (χ3n) is 2.84. The second-order valence-corrected chi connectivity index (χ2v) is 6.24. The zero-order valence-electron chi connectivity index (χ0n) is 9.51. The number of hydrogen-bond donors (Lipinski definition) is 0. The zero-order chi connectivity index (χ0) is 12.7. The van der Waals surface area contributed by atoms with Crippen LogP contribution in [0.1, 0.15) is 5.56 Å². The van der Waals surface area contributed by atoms with Crippen LogP contribution in [0, 0.1) is 11.3 Å². The number of thiophene rings is 1. The first kappa shape index (κ1) is 11.5. The molecule has 2 heterocycles. The van der Waals surface area contributed by atoms with E-state index in [-0.39, 0.29) is 0 Å². The van der Waals surface area contributed by atoms with E-state index in [0.717, 1.165) is 26.2 Å². The minimum absolute atomic E-state index is 0.638. The molecule has 18 heavy (non-hydrogen) atoms. The maximum absolute atomic E-state index is 8.90. The van der Waals surface area contributed by atoms with Crippen LogP contribution in [0.5, 0.6) is 0 Å². The van der Waals surface area contributed by atoms with Gasteiger partial charge in [-0.25, -0.2) is 4.98 Å². The predicted octanol–water partition coefficient (Wildman–Crippen LogP) is 3.94. The summed E-state index contributed by atoms with van der Waals surface area (Å²) in [6.45, 7) is 0. The number of rotatable bonds is 1. The normalized spacial score (nSPS) is 10.7. The number of aromatic nitrogens is 2. The van der Waals surface area contributed by atoms with Gasteiger partial charge in [0.25, 0.3) is 0 Å². The molecule has 0 N–H and O–H groups in total. The molecule has 0 saturated carbocycles. The highest BCUT2D eigenvalue weighted by Crippen LogP contribution is 2.30. The summed E-state index contributed by atoms with van der Waals surface area (Å²) in [5.74, 6) is 0.919. The molecule has 0 radical (unpaired) electrons. The van der Waals surface area contributed by atoms with Gasteiger partial charge >= 0.3 is 0 Å². The molecule has 3 rings (SSSR count). The standard InChI is InChI=1S/C13H8BrN3S/c1-17-11-3-2-8(6-15)4-10(11)16-13(17)9-5-12(14)18-7-9/h2-5,7H,1H3. The minimum Gasteiger partial charge on any atom is -0.327 e. The number of nitriles is 1. The summed E-state index contributed by atoms with van der Waals surface area (Å²) in [7, 11) is 1.99. The number of nitrogens with zero attached hydrogens (tertiary/aromatic N) is 3. The lowest BCUT2D eigenvalue weighted by Gasteiger charge is -1.98. The van der Waals surface area contributed by atoms with Gasteiger partial charge in [-0.3, -0.25) is 0 Å². The lowest BCUT2D eigenvalue weighted by molar-refractivity contribution is 0.960. The number of aryl methyl sites for hydroxylation is 1. The molecular formula is C13H8BrN3S. The minimum atomic E-state index is 0.638. The van der Waals surface area contributed by atoms with E-state index in [1.54, 1.807) is 11.3 Å². The molecule has 2 aromatic heterocycles. The van der Waals surface area contributed by atoms with Gasteiger partial charge in [0, 0.05) is 18.0 Å². The summed E-state index contributed by atoms with van der Waals surface area (Å²) in [6.07, 6.45) is 0. The van der Waals surface area contributed by atoms with Crippen molar-refractivity contribution in [2.45, 2.75) is 0 Å². The van der Waals surface area contributed by atoms with Crippen molar-refractivity contribution in [3.05, 3.63) is 39.0 Å². The van der Waals surface area contributed by atoms with Crippen LogP contribution in [0.4, 0.5) is 0 Å². The third-order valence-corrected chi connectivity index (χ3v) is 4.34. The zero-order valence-corrected chi connectivity index (χ0v) is 11.9. The Bertz CT molecular complexity index is 779. The van der Waals surface area contributed by atoms with Gasteiger partial charge in [-0.1, -0.05) is 0 Å². The van der Waals surface area contributed by atoms with Crippen LogP contribution in [-0.4, -0.2) is 9.55 Å². The molecule has 0 bridgehead atoms. The first-order valence-corrected chi connectivity index (χ1v) is 6.97. The summed E-state index contributed by atoms with van der Waals surface area (Å²) < 4.78 is 3.13. The fourth-order valence-corrected chi connectivity index (χ4v) is 3.09. The molecule has 0 amide bonds. The number of hydrogen-bond acceptors (Lipinski definition) is 3. The lowest BCUT2D eigenvalue weighted by Crippen LogP contribution is -1.90. The second kappa shape index (κ2) is 4.23. The Morgan fingerprint density at radius 2 is 2.22 bits per heavy atom. The van der Waals surface area contributed by atoms with E-state index in [1.807, 2.05) is 29.8 Å². The van der Waals surface area contributed by atoms with Gasteiger partial charge in [-0.2, -0.15) is 5.26 Å². The van der Waals surface area contributed by atoms with Crippen molar-refractivity contribution in [3.8, 4) is 17.5 Å². The van der Waals surface area contributed by atoms with Crippen molar-refractivity contribution in [2.75, 3.05) is 0 Å². The van der Waals surface area contributed by atoms with E-state index in [9.17, 15) is 0 Å². The fourth-order valence-electron chi connectivity index (χ4n) is 1.95. The Morgan fingerprint density at radius 1 is 1.39 bits per heavy atom. The lowest BCUT2D eigenvalue weighted by atomic mass is 10.2. The van der Waals surface area contributed by atoms with Crippen molar-refractivity contribution >= 4 is 38.3 Å². The quantitative estimate of drug-likeness (QED) is 0.682. The number of benzene rings is 1. The highest BCUT2D eigenvalue weighted by atomic mass is 79.9. The topological polar surface area (TPSA) is 41.6 Å². The van der Waals surface area contributed by atoms with Crippen molar-refractivity contribution in [1.29, 1.82) is 5.26 Å². The van der Waals surface area contributed by atoms with E-state index in [1.165, 1.54) is 0 Å². The molecule has 0 atom stereocenters. The number of halogens is 1. The Morgan fingerprint density at radius 3 is 2.89 bits per heavy atom. The van der Waals surface area contributed by atoms with Gasteiger partial charge in [0.1, 0.15) is 5.82 Å². The average molecular weight is 318 g/mol. The monoisotopic (exact) mass is 317 g/mol. The van der Waals surface area contributed by atoms with E-state index in [0.29, 0.717) is 5.56 Å². The second-order valence-electron chi connectivity index (χ2n) is 3.95. The molecule has 3 aromatic rings. The van der Waals surface area contributed by atoms with E-state index in [2.05, 4.69) is 38.4 Å². The summed E-state index contributed by atoms with van der Waals surface area (Å²) in [5.41, 5.74) is 3.61. The summed E-state index contributed by atoms with van der Waals surface area (Å²) in [6, 6.07) is 9.76. The number of imidazole rings is 1. The molecule has 3 nitrogen and oxygen atoms in total. The van der Waals surface area contributed by atoms with Crippen LogP contribution in [0.3, 0.4) is 0 Å². The summed E-state index contributed by atoms with van der Waals surface area (Å²) in [5, 5.41) is 11.0. The average Bonchev–Trinajstić information content (AvgIpc) is 2.93. The van der Waals surface area contributed by atoms with Gasteiger partial charge in [0.05, 0.1) is 26.5 Å². The molecule has 0 unspecified atom stereocenters. The molecular weight excluding hydrogens is 310 g/mol. The van der Waals surface area contributed by atoms with Gasteiger partial charge in [0.2, 0.25) is 0 Å². The van der Waals surface area contributed by atoms with Crippen molar-refractivity contribution in [2.24, 2.45) is 7.05 Å². The first-order chi connectivity index (χ1) is 8.69. The van der Waals surface area contributed by atoms with Crippen molar-refractivity contribution in [3.63, 3.8) is 0 Å². The summed E-state index contributed by atoms with van der Waals surface area (Å²) >= 11 is 5.10. The fraction of sp³-hybridized carbons (Fsp3) is 0.0769. The van der Waals surface area contributed by atoms with Crippen LogP contribution >= 0.6 is 27.3 Å². The Balaban J connectivity index is 2.26. The van der Waals surface area contributed by atoms with Gasteiger partial charge < -0.3 is 4.57 Å². The molecule has 0 saturated heterocycles. The maximum atomic E-state index is 8.90. The van der Waals surface area contributed by atoms with Gasteiger partial charge in [-0.15, -0.1) is 11.3 Å². The molecule has 0 aliphatic carbocycles. The van der Waals surface area contributed by atoms with Crippen LogP contribution in [0.2, 0.25) is 0 Å². The van der Waals surface area contributed by atoms with Crippen molar-refractivity contribution in [1.82, 2.24) is 9.55 Å². The molecule has 0 fully saturated rings. The molecule has 5 heteroatoms. The molecule has 0 aliphatic rings. The van der Waals surface area contributed by atoms with Gasteiger partial charge in [-0.05, 0) is 40.2 Å². The summed E-state index contributed by atoms with van der Waals surface area (Å²) in [4.78, 5) is 4.60. The smallest absolute Gasteiger partial charge is 0.141 e. The molecule has 0 spiro atoms. The third kappa shape index (κ3) is 1.74. The first-order valence-electron chi connectivity index (χ1n) is 5.30. The van der Waals surface area contributed by atoms with E-state index >= 15 is 0 Å². The molecule has 88 valence electrons. The van der Waals surface area contributed by atoms with Crippen LogP contribution in [0.15, 0.2) is 33.4 Å². The van der Waals surface area contributed by atoms with Crippen LogP contribution < -0.4 is 0 Å². The van der Waals surface area contributed by atoms with E-state index < -0.39 is 0 Å².